The largest absolute Gasteiger partial charge is 0.472 e. The van der Waals surface area contributed by atoms with Crippen molar-refractivity contribution in [2.75, 3.05) is 26.4 Å². The highest BCUT2D eigenvalue weighted by atomic mass is 31.2. The quantitative estimate of drug-likeness (QED) is 0.0197. The van der Waals surface area contributed by atoms with Crippen molar-refractivity contribution in [1.29, 1.82) is 0 Å². The number of aliphatic hydroxyl groups is 1. The molecule has 0 aromatic rings. The molecule has 3 unspecified atom stereocenters. The van der Waals surface area contributed by atoms with E-state index in [9.17, 15) is 28.9 Å². The molecule has 11 nitrogen and oxygen atoms in total. The fraction of sp³-hybridized carbons (Fsp3) is 0.717. The second-order valence-electron chi connectivity index (χ2n) is 18.7. The molecule has 0 saturated carbocycles. The number of rotatable bonds is 52. The van der Waals surface area contributed by atoms with Crippen molar-refractivity contribution in [1.82, 2.24) is 0 Å². The Balaban J connectivity index is 4.74. The maximum Gasteiger partial charge on any atom is 0.472 e. The average Bonchev–Trinajstić information content (AvgIpc) is 3.37. The first-order valence-electron chi connectivity index (χ1n) is 28.5. The molecule has 0 aliphatic carbocycles. The number of ether oxygens (including phenoxy) is 3. The zero-order valence-corrected chi connectivity index (χ0v) is 46.5. The van der Waals surface area contributed by atoms with Gasteiger partial charge in [0.1, 0.15) is 12.7 Å². The zero-order chi connectivity index (χ0) is 52.7. The number of hydrogen-bond acceptors (Lipinski definition) is 10. The third-order valence-corrected chi connectivity index (χ3v) is 12.7. The molecule has 0 heterocycles. The third-order valence-electron chi connectivity index (χ3n) is 11.8. The molecule has 0 aromatic heterocycles. The summed E-state index contributed by atoms with van der Waals surface area (Å²) < 4.78 is 39.4. The number of phosphoric acid groups is 1. The van der Waals surface area contributed by atoms with Gasteiger partial charge in [0, 0.05) is 19.3 Å². The van der Waals surface area contributed by atoms with E-state index in [1.54, 1.807) is 0 Å². The molecule has 414 valence electrons. The van der Waals surface area contributed by atoms with Crippen LogP contribution >= 0.6 is 7.82 Å². The number of hydrogen-bond donors (Lipinski definition) is 2. The van der Waals surface area contributed by atoms with Gasteiger partial charge in [-0.25, -0.2) is 4.57 Å². The molecule has 2 N–H and O–H groups in total. The third kappa shape index (κ3) is 51.6. The van der Waals surface area contributed by atoms with Crippen molar-refractivity contribution < 1.29 is 52.2 Å². The highest BCUT2D eigenvalue weighted by Gasteiger charge is 2.28. The molecule has 0 aliphatic heterocycles. The fourth-order valence-electron chi connectivity index (χ4n) is 7.42. The molecule has 0 bridgehead atoms. The minimum absolute atomic E-state index is 0.122. The van der Waals surface area contributed by atoms with Gasteiger partial charge in [0.25, 0.3) is 0 Å². The van der Waals surface area contributed by atoms with E-state index in [1.807, 2.05) is 0 Å². The smallest absolute Gasteiger partial charge is 0.462 e. The summed E-state index contributed by atoms with van der Waals surface area (Å²) in [6.45, 7) is 4.40. The van der Waals surface area contributed by atoms with Gasteiger partial charge in [-0.15, -0.1) is 0 Å². The first kappa shape index (κ1) is 68.7. The van der Waals surface area contributed by atoms with Crippen LogP contribution in [0.3, 0.4) is 0 Å². The lowest BCUT2D eigenvalue weighted by Gasteiger charge is -2.21. The molecule has 0 aromatic carbocycles. The molecule has 0 saturated heterocycles. The predicted molar refractivity (Wildman–Crippen MR) is 298 cm³/mol. The van der Waals surface area contributed by atoms with E-state index in [2.05, 4.69) is 106 Å². The predicted octanol–water partition coefficient (Wildman–Crippen LogP) is 16.7. The van der Waals surface area contributed by atoms with E-state index >= 15 is 0 Å². The van der Waals surface area contributed by atoms with E-state index in [0.717, 1.165) is 109 Å². The van der Waals surface area contributed by atoms with Crippen molar-refractivity contribution >= 4 is 25.7 Å². The molecule has 0 rings (SSSR count). The molecule has 72 heavy (non-hydrogen) atoms. The van der Waals surface area contributed by atoms with Crippen LogP contribution in [0.2, 0.25) is 0 Å². The van der Waals surface area contributed by atoms with E-state index in [0.29, 0.717) is 19.3 Å². The van der Waals surface area contributed by atoms with Crippen LogP contribution < -0.4 is 0 Å². The molecule has 0 fully saturated rings. The molecule has 0 aliphatic rings. The van der Waals surface area contributed by atoms with Crippen LogP contribution in [-0.2, 0) is 42.2 Å². The van der Waals surface area contributed by atoms with Crippen molar-refractivity contribution in [3.05, 3.63) is 85.1 Å². The summed E-state index contributed by atoms with van der Waals surface area (Å²) in [6, 6.07) is 0. The van der Waals surface area contributed by atoms with Crippen molar-refractivity contribution in [3.8, 4) is 0 Å². The monoisotopic (exact) mass is 1030 g/mol. The fourth-order valence-corrected chi connectivity index (χ4v) is 8.20. The maximum absolute atomic E-state index is 12.9. The summed E-state index contributed by atoms with van der Waals surface area (Å²) in [4.78, 5) is 48.4. The Bertz CT molecular complexity index is 1530. The van der Waals surface area contributed by atoms with Crippen LogP contribution in [0.4, 0.5) is 0 Å². The van der Waals surface area contributed by atoms with E-state index < -0.39 is 57.8 Å². The van der Waals surface area contributed by atoms with Gasteiger partial charge in [-0.1, -0.05) is 196 Å². The second kappa shape index (κ2) is 53.9. The Kier molecular flexibility index (Phi) is 51.4. The molecule has 0 radical (unpaired) electrons. The van der Waals surface area contributed by atoms with Gasteiger partial charge >= 0.3 is 25.7 Å². The standard InChI is InChI=1S/C60H103O11P/c1-4-7-10-13-16-19-22-24-26-27-28-29-31-33-36-39-42-45-48-51-60(64)71-57(53-67-58(62)49-46-43-40-37-34-21-18-15-12-9-6-3)55-69-72(65,66)68-54-56(52-61)70-59(63)50-47-44-41-38-35-32-30-25-23-20-17-14-11-8-5-2/h8,11,15-20,24-26,30,35,38,56-57,61H,4-7,9-10,12-14,21-23,27-29,31-34,36-37,39-55H2,1-3H3,(H,65,66)/b11-8-,18-15-,19-16-,20-17-,26-24-,30-25-,38-35-. The number of aliphatic hydroxyl groups excluding tert-OH is 1. The molecular weight excluding hydrogens is 928 g/mol. The summed E-state index contributed by atoms with van der Waals surface area (Å²) >= 11 is 0. The Morgan fingerprint density at radius 2 is 0.736 bits per heavy atom. The van der Waals surface area contributed by atoms with Gasteiger partial charge in [0.15, 0.2) is 6.10 Å². The van der Waals surface area contributed by atoms with Crippen LogP contribution in [0.25, 0.3) is 0 Å². The Morgan fingerprint density at radius 3 is 1.19 bits per heavy atom. The van der Waals surface area contributed by atoms with Gasteiger partial charge in [-0.05, 0) is 109 Å². The van der Waals surface area contributed by atoms with Gasteiger partial charge in [0.05, 0.1) is 19.8 Å². The van der Waals surface area contributed by atoms with Gasteiger partial charge in [0.2, 0.25) is 0 Å². The average molecular weight is 1030 g/mol. The molecular formula is C60H103O11P. The van der Waals surface area contributed by atoms with Crippen LogP contribution in [0, 0.1) is 0 Å². The van der Waals surface area contributed by atoms with Gasteiger partial charge in [-0.2, -0.15) is 0 Å². The Labute approximate surface area is 439 Å². The van der Waals surface area contributed by atoms with E-state index in [-0.39, 0.29) is 25.9 Å². The van der Waals surface area contributed by atoms with Crippen LogP contribution in [0.5, 0.6) is 0 Å². The second-order valence-corrected chi connectivity index (χ2v) is 20.2. The van der Waals surface area contributed by atoms with Crippen molar-refractivity contribution in [3.63, 3.8) is 0 Å². The lowest BCUT2D eigenvalue weighted by atomic mass is 10.1. The lowest BCUT2D eigenvalue weighted by molar-refractivity contribution is -0.161. The summed E-state index contributed by atoms with van der Waals surface area (Å²) in [5.41, 5.74) is 0. The van der Waals surface area contributed by atoms with Crippen LogP contribution in [-0.4, -0.2) is 66.5 Å². The lowest BCUT2D eigenvalue weighted by Crippen LogP contribution is -2.30. The number of allylic oxidation sites excluding steroid dienone is 14. The van der Waals surface area contributed by atoms with Crippen molar-refractivity contribution in [2.45, 2.75) is 251 Å². The topological polar surface area (TPSA) is 155 Å². The van der Waals surface area contributed by atoms with Crippen LogP contribution in [0.15, 0.2) is 85.1 Å². The molecule has 0 spiro atoms. The summed E-state index contributed by atoms with van der Waals surface area (Å²) in [5, 5.41) is 9.80. The maximum atomic E-state index is 12.9. The highest BCUT2D eigenvalue weighted by Crippen LogP contribution is 2.43. The number of phosphoric ester groups is 1. The minimum Gasteiger partial charge on any atom is -0.462 e. The highest BCUT2D eigenvalue weighted by molar-refractivity contribution is 7.47. The van der Waals surface area contributed by atoms with Gasteiger partial charge in [-0.3, -0.25) is 23.4 Å². The minimum atomic E-state index is -4.76. The van der Waals surface area contributed by atoms with Gasteiger partial charge < -0.3 is 24.2 Å². The summed E-state index contributed by atoms with van der Waals surface area (Å²) in [7, 11) is -4.76. The Morgan fingerprint density at radius 1 is 0.403 bits per heavy atom. The van der Waals surface area contributed by atoms with E-state index in [4.69, 9.17) is 23.3 Å². The van der Waals surface area contributed by atoms with Crippen LogP contribution in [0.1, 0.15) is 239 Å². The normalized spacial score (nSPS) is 14.0. The van der Waals surface area contributed by atoms with E-state index in [1.165, 1.54) is 70.6 Å². The number of unbranched alkanes of at least 4 members (excludes halogenated alkanes) is 21. The summed E-state index contributed by atoms with van der Waals surface area (Å²) in [6.07, 6.45) is 61.2. The number of carbonyl (C=O) groups is 3. The molecule has 0 amide bonds. The first-order chi connectivity index (χ1) is 35.2. The van der Waals surface area contributed by atoms with Crippen molar-refractivity contribution in [2.24, 2.45) is 0 Å². The molecule has 12 heteroatoms. The number of carbonyl (C=O) groups excluding carboxylic acids is 3. The molecule has 3 atom stereocenters. The zero-order valence-electron chi connectivity index (χ0n) is 45.6. The number of esters is 3. The first-order valence-corrected chi connectivity index (χ1v) is 30.0. The Hall–Kier alpha value is -3.34. The SMILES string of the molecule is CC/C=C\C/C=C\C/C=C\C/C=C\CCCCC(=O)OC(CO)COP(=O)(O)OCC(COC(=O)CCCCCCC/C=C\CCCC)OC(=O)CCCCCCCCCCC/C=C\C/C=C\CCCCC. The summed E-state index contributed by atoms with van der Waals surface area (Å²) in [5.74, 6) is -1.53.